The van der Waals surface area contributed by atoms with E-state index in [-0.39, 0.29) is 0 Å². The number of nitrogens with one attached hydrogen (secondary N) is 1. The zero-order chi connectivity index (χ0) is 10.1. The smallest absolute Gasteiger partial charge is 0.0325 e. The zero-order valence-corrected chi connectivity index (χ0v) is 8.84. The van der Waals surface area contributed by atoms with Crippen LogP contribution >= 0.6 is 0 Å². The molecule has 15 heavy (non-hydrogen) atoms. The predicted octanol–water partition coefficient (Wildman–Crippen LogP) is 2.59. The van der Waals surface area contributed by atoms with Crippen LogP contribution in [0.1, 0.15) is 12.8 Å². The molecule has 3 rings (SSSR count). The van der Waals surface area contributed by atoms with Crippen molar-refractivity contribution in [2.45, 2.75) is 24.9 Å². The topological polar surface area (TPSA) is 12.0 Å². The van der Waals surface area contributed by atoms with Gasteiger partial charge in [-0.05, 0) is 18.8 Å². The largest absolute Gasteiger partial charge is 0.303 e. The van der Waals surface area contributed by atoms with Crippen LogP contribution in [0.5, 0.6) is 0 Å². The average Bonchev–Trinajstić information content (AvgIpc) is 2.55. The standard InChI is InChI=1S/C14H17N/c1-2-4-9-13-11(7-3-1)12-8-5-6-10-14(12)15-13/h1-4,6-7,9-15H,5,8H2/b2-1-,7-3-,9-4-. The molecule has 0 aromatic carbocycles. The SMILES string of the molecule is C1=CC2NC3\C=C/C=C\C=C/C3C2CC1. The molecule has 0 spiro atoms. The molecule has 0 aromatic heterocycles. The van der Waals surface area contributed by atoms with Crippen LogP contribution in [-0.4, -0.2) is 12.1 Å². The minimum absolute atomic E-state index is 0.531. The van der Waals surface area contributed by atoms with Crippen LogP contribution in [0, 0.1) is 11.8 Å². The van der Waals surface area contributed by atoms with Gasteiger partial charge in [0.05, 0.1) is 0 Å². The van der Waals surface area contributed by atoms with Crippen molar-refractivity contribution < 1.29 is 0 Å². The second-order valence-corrected chi connectivity index (χ2v) is 4.62. The summed E-state index contributed by atoms with van der Waals surface area (Å²) in [5.41, 5.74) is 0. The van der Waals surface area contributed by atoms with E-state index in [9.17, 15) is 0 Å². The molecule has 2 aliphatic carbocycles. The summed E-state index contributed by atoms with van der Waals surface area (Å²) in [4.78, 5) is 0. The monoisotopic (exact) mass is 199 g/mol. The van der Waals surface area contributed by atoms with E-state index in [4.69, 9.17) is 0 Å². The zero-order valence-electron chi connectivity index (χ0n) is 8.84. The van der Waals surface area contributed by atoms with Crippen molar-refractivity contribution in [1.29, 1.82) is 0 Å². The summed E-state index contributed by atoms with van der Waals surface area (Å²) in [6, 6.07) is 1.13. The lowest BCUT2D eigenvalue weighted by Gasteiger charge is -2.23. The summed E-state index contributed by atoms with van der Waals surface area (Å²) >= 11 is 0. The Kier molecular flexibility index (Phi) is 2.34. The normalized spacial score (nSPS) is 48.5. The molecular weight excluding hydrogens is 182 g/mol. The fraction of sp³-hybridized carbons (Fsp3) is 0.429. The van der Waals surface area contributed by atoms with E-state index in [1.54, 1.807) is 0 Å². The van der Waals surface area contributed by atoms with Crippen molar-refractivity contribution in [1.82, 2.24) is 5.32 Å². The molecule has 4 unspecified atom stereocenters. The first-order valence-corrected chi connectivity index (χ1v) is 5.89. The molecular formula is C14H17N. The van der Waals surface area contributed by atoms with Crippen LogP contribution in [0.15, 0.2) is 48.6 Å². The van der Waals surface area contributed by atoms with Gasteiger partial charge in [-0.15, -0.1) is 0 Å². The second-order valence-electron chi connectivity index (χ2n) is 4.62. The summed E-state index contributed by atoms with van der Waals surface area (Å²) in [5.74, 6) is 1.48. The highest BCUT2D eigenvalue weighted by Gasteiger charge is 2.39. The van der Waals surface area contributed by atoms with Crippen LogP contribution in [0.3, 0.4) is 0 Å². The Morgan fingerprint density at radius 1 is 0.867 bits per heavy atom. The Hall–Kier alpha value is -1.08. The van der Waals surface area contributed by atoms with Crippen molar-refractivity contribution in [3.8, 4) is 0 Å². The molecule has 1 fully saturated rings. The minimum Gasteiger partial charge on any atom is -0.303 e. The molecule has 0 saturated carbocycles. The van der Waals surface area contributed by atoms with Gasteiger partial charge >= 0.3 is 0 Å². The van der Waals surface area contributed by atoms with Gasteiger partial charge < -0.3 is 5.32 Å². The van der Waals surface area contributed by atoms with Gasteiger partial charge in [-0.2, -0.15) is 0 Å². The number of allylic oxidation sites excluding steroid dienone is 5. The highest BCUT2D eigenvalue weighted by Crippen LogP contribution is 2.36. The number of hydrogen-bond donors (Lipinski definition) is 1. The van der Waals surface area contributed by atoms with Crippen molar-refractivity contribution in [2.24, 2.45) is 11.8 Å². The van der Waals surface area contributed by atoms with Crippen molar-refractivity contribution in [3.05, 3.63) is 48.6 Å². The summed E-state index contributed by atoms with van der Waals surface area (Å²) in [7, 11) is 0. The Morgan fingerprint density at radius 3 is 2.67 bits per heavy atom. The molecule has 4 atom stereocenters. The molecule has 0 bridgehead atoms. The van der Waals surface area contributed by atoms with Gasteiger partial charge in [-0.3, -0.25) is 0 Å². The predicted molar refractivity (Wildman–Crippen MR) is 63.5 cm³/mol. The average molecular weight is 199 g/mol. The van der Waals surface area contributed by atoms with E-state index in [1.165, 1.54) is 12.8 Å². The van der Waals surface area contributed by atoms with Gasteiger partial charge in [0.15, 0.2) is 0 Å². The van der Waals surface area contributed by atoms with Crippen LogP contribution < -0.4 is 5.32 Å². The van der Waals surface area contributed by atoms with Crippen LogP contribution in [0.4, 0.5) is 0 Å². The third-order valence-electron chi connectivity index (χ3n) is 3.75. The fourth-order valence-corrected chi connectivity index (χ4v) is 3.02. The molecule has 1 N–H and O–H groups in total. The number of hydrogen-bond acceptors (Lipinski definition) is 1. The molecule has 1 saturated heterocycles. The first-order valence-electron chi connectivity index (χ1n) is 5.89. The Bertz CT molecular complexity index is 348. The molecule has 0 aromatic rings. The van der Waals surface area contributed by atoms with E-state index < -0.39 is 0 Å². The fourth-order valence-electron chi connectivity index (χ4n) is 3.02. The molecule has 78 valence electrons. The molecule has 0 amide bonds. The molecule has 0 radical (unpaired) electrons. The van der Waals surface area contributed by atoms with Gasteiger partial charge in [-0.1, -0.05) is 48.6 Å². The van der Waals surface area contributed by atoms with E-state index in [2.05, 4.69) is 53.9 Å². The molecule has 3 aliphatic rings. The lowest BCUT2D eigenvalue weighted by molar-refractivity contribution is 0.399. The van der Waals surface area contributed by atoms with Gasteiger partial charge in [0.25, 0.3) is 0 Å². The summed E-state index contributed by atoms with van der Waals surface area (Å²) in [6.45, 7) is 0. The van der Waals surface area contributed by atoms with Gasteiger partial charge in [0.1, 0.15) is 0 Å². The van der Waals surface area contributed by atoms with Gasteiger partial charge in [0.2, 0.25) is 0 Å². The maximum Gasteiger partial charge on any atom is 0.0325 e. The van der Waals surface area contributed by atoms with Crippen molar-refractivity contribution >= 4 is 0 Å². The highest BCUT2D eigenvalue weighted by molar-refractivity contribution is 5.25. The highest BCUT2D eigenvalue weighted by atomic mass is 15.0. The van der Waals surface area contributed by atoms with Crippen molar-refractivity contribution in [2.75, 3.05) is 0 Å². The van der Waals surface area contributed by atoms with Gasteiger partial charge in [-0.25, -0.2) is 0 Å². The first-order chi connectivity index (χ1) is 7.45. The Balaban J connectivity index is 1.91. The third kappa shape index (κ3) is 1.61. The summed E-state index contributed by atoms with van der Waals surface area (Å²) in [5, 5.41) is 3.70. The molecule has 1 heterocycles. The van der Waals surface area contributed by atoms with Crippen LogP contribution in [0.25, 0.3) is 0 Å². The number of fused-ring (bicyclic) bond motifs is 3. The van der Waals surface area contributed by atoms with Gasteiger partial charge in [0, 0.05) is 18.0 Å². The van der Waals surface area contributed by atoms with Crippen LogP contribution in [-0.2, 0) is 0 Å². The van der Waals surface area contributed by atoms with E-state index in [0.29, 0.717) is 18.0 Å². The van der Waals surface area contributed by atoms with Crippen molar-refractivity contribution in [3.63, 3.8) is 0 Å². The second kappa shape index (κ2) is 3.82. The maximum atomic E-state index is 3.70. The van der Waals surface area contributed by atoms with E-state index >= 15 is 0 Å². The lowest BCUT2D eigenvalue weighted by Crippen LogP contribution is -2.29. The molecule has 1 aliphatic heterocycles. The first kappa shape index (κ1) is 9.17. The summed E-state index contributed by atoms with van der Waals surface area (Å²) in [6.07, 6.45) is 20.5. The third-order valence-corrected chi connectivity index (χ3v) is 3.75. The quantitative estimate of drug-likeness (QED) is 0.591. The van der Waals surface area contributed by atoms with E-state index in [1.807, 2.05) is 0 Å². The Morgan fingerprint density at radius 2 is 1.73 bits per heavy atom. The molecule has 1 heteroatoms. The Labute approximate surface area is 91.3 Å². The maximum absolute atomic E-state index is 3.70. The summed E-state index contributed by atoms with van der Waals surface area (Å²) < 4.78 is 0. The van der Waals surface area contributed by atoms with E-state index in [0.717, 1.165) is 5.92 Å². The number of rotatable bonds is 0. The lowest BCUT2D eigenvalue weighted by atomic mass is 9.80. The van der Waals surface area contributed by atoms with Crippen LogP contribution in [0.2, 0.25) is 0 Å². The molecule has 1 nitrogen and oxygen atoms in total. The minimum atomic E-state index is 0.531.